The predicted molar refractivity (Wildman–Crippen MR) is 86.6 cm³/mol. The number of aromatic amines is 1. The van der Waals surface area contributed by atoms with Crippen molar-refractivity contribution in [1.82, 2.24) is 15.0 Å². The van der Waals surface area contributed by atoms with Gasteiger partial charge in [0.05, 0.1) is 24.5 Å². The van der Waals surface area contributed by atoms with E-state index in [-0.39, 0.29) is 16.6 Å². The molecular formula is C17H14F3N3O2. The van der Waals surface area contributed by atoms with Crippen LogP contribution in [0, 0.1) is 13.8 Å². The first kappa shape index (κ1) is 16.9. The molecule has 25 heavy (non-hydrogen) atoms. The highest BCUT2D eigenvalue weighted by molar-refractivity contribution is 5.93. The summed E-state index contributed by atoms with van der Waals surface area (Å²) in [6, 6.07) is 4.17. The molecule has 0 aliphatic carbocycles. The summed E-state index contributed by atoms with van der Waals surface area (Å²) in [5.74, 6) is 0.512. The quantitative estimate of drug-likeness (QED) is 0.767. The predicted octanol–water partition coefficient (Wildman–Crippen LogP) is 3.63. The minimum absolute atomic E-state index is 0.00447. The molecule has 2 heterocycles. The third-order valence-corrected chi connectivity index (χ3v) is 4.00. The average molecular weight is 349 g/mol. The lowest BCUT2D eigenvalue weighted by Crippen LogP contribution is -2.14. The molecule has 0 radical (unpaired) electrons. The highest BCUT2D eigenvalue weighted by Crippen LogP contribution is 2.37. The molecular weight excluding hydrogens is 335 g/mol. The molecule has 0 bridgehead atoms. The summed E-state index contributed by atoms with van der Waals surface area (Å²) in [6.07, 6.45) is -3.54. The van der Waals surface area contributed by atoms with Crippen LogP contribution in [-0.2, 0) is 6.18 Å². The van der Waals surface area contributed by atoms with Crippen LogP contribution < -0.4 is 10.3 Å². The molecule has 5 nitrogen and oxygen atoms in total. The number of nitrogens with one attached hydrogen (secondary N) is 1. The van der Waals surface area contributed by atoms with Crippen LogP contribution >= 0.6 is 0 Å². The average Bonchev–Trinajstić information content (AvgIpc) is 2.54. The summed E-state index contributed by atoms with van der Waals surface area (Å²) < 4.78 is 45.1. The molecule has 0 aliphatic rings. The van der Waals surface area contributed by atoms with Crippen molar-refractivity contribution in [3.8, 4) is 17.0 Å². The van der Waals surface area contributed by atoms with Crippen molar-refractivity contribution in [2.24, 2.45) is 0 Å². The first-order valence-electron chi connectivity index (χ1n) is 7.34. The van der Waals surface area contributed by atoms with Gasteiger partial charge in [0.1, 0.15) is 17.0 Å². The van der Waals surface area contributed by atoms with E-state index in [2.05, 4.69) is 15.0 Å². The highest BCUT2D eigenvalue weighted by Gasteiger charge is 2.34. The molecule has 0 amide bonds. The van der Waals surface area contributed by atoms with Crippen LogP contribution in [0.4, 0.5) is 13.2 Å². The van der Waals surface area contributed by atoms with Crippen LogP contribution in [0.2, 0.25) is 0 Å². The van der Waals surface area contributed by atoms with Crippen molar-refractivity contribution in [2.75, 3.05) is 7.11 Å². The molecule has 8 heteroatoms. The molecule has 2 aromatic heterocycles. The number of nitrogens with zero attached hydrogens (tertiary/aromatic N) is 2. The van der Waals surface area contributed by atoms with Crippen LogP contribution in [-0.4, -0.2) is 22.1 Å². The Morgan fingerprint density at radius 2 is 1.92 bits per heavy atom. The summed E-state index contributed by atoms with van der Waals surface area (Å²) in [7, 11) is 1.47. The second-order valence-corrected chi connectivity index (χ2v) is 5.57. The van der Waals surface area contributed by atoms with Crippen molar-refractivity contribution in [2.45, 2.75) is 20.0 Å². The molecule has 1 N–H and O–H groups in total. The summed E-state index contributed by atoms with van der Waals surface area (Å²) in [6.45, 7) is 3.48. The number of pyridine rings is 1. The molecule has 3 rings (SSSR count). The van der Waals surface area contributed by atoms with Gasteiger partial charge in [0.2, 0.25) is 0 Å². The van der Waals surface area contributed by atoms with E-state index in [4.69, 9.17) is 4.74 Å². The Hall–Kier alpha value is -2.90. The first-order chi connectivity index (χ1) is 11.7. The molecule has 0 spiro atoms. The van der Waals surface area contributed by atoms with Crippen LogP contribution in [0.25, 0.3) is 22.2 Å². The minimum atomic E-state index is -4.69. The fraction of sp³-hybridized carbons (Fsp3) is 0.235. The molecule has 0 atom stereocenters. The summed E-state index contributed by atoms with van der Waals surface area (Å²) in [4.78, 5) is 22.2. The molecule has 0 fully saturated rings. The largest absolute Gasteiger partial charge is 0.496 e. The monoisotopic (exact) mass is 349 g/mol. The number of aryl methyl sites for hydroxylation is 1. The molecule has 0 unspecified atom stereocenters. The van der Waals surface area contributed by atoms with E-state index in [0.717, 1.165) is 12.4 Å². The fourth-order valence-corrected chi connectivity index (χ4v) is 2.81. The SMILES string of the molecule is COc1ccc(C)c(-c2nc(C(F)(F)F)cc3c(=O)[nH]cnc23)c1C. The van der Waals surface area contributed by atoms with Crippen molar-refractivity contribution in [3.63, 3.8) is 0 Å². The molecule has 0 saturated heterocycles. The van der Waals surface area contributed by atoms with Crippen LogP contribution in [0.5, 0.6) is 5.75 Å². The van der Waals surface area contributed by atoms with Gasteiger partial charge in [0.25, 0.3) is 5.56 Å². The number of hydrogen-bond donors (Lipinski definition) is 1. The standard InChI is InChI=1S/C17H14F3N3O2/c1-8-4-5-11(25-3)9(2)13(8)15-14-10(16(24)22-7-21-14)6-12(23-15)17(18,19)20/h4-7H,1-3H3,(H,21,22,24). The van der Waals surface area contributed by atoms with E-state index in [9.17, 15) is 18.0 Å². The number of benzene rings is 1. The number of halogens is 3. The van der Waals surface area contributed by atoms with Gasteiger partial charge >= 0.3 is 6.18 Å². The van der Waals surface area contributed by atoms with Crippen molar-refractivity contribution in [3.05, 3.63) is 51.7 Å². The molecule has 0 saturated carbocycles. The zero-order valence-corrected chi connectivity index (χ0v) is 13.7. The van der Waals surface area contributed by atoms with Gasteiger partial charge in [-0.05, 0) is 31.5 Å². The number of fused-ring (bicyclic) bond motifs is 1. The van der Waals surface area contributed by atoms with Gasteiger partial charge in [-0.3, -0.25) is 4.79 Å². The minimum Gasteiger partial charge on any atom is -0.496 e. The maximum absolute atomic E-state index is 13.3. The number of H-pyrrole nitrogens is 1. The molecule has 3 aromatic rings. The van der Waals surface area contributed by atoms with Crippen LogP contribution in [0.15, 0.2) is 29.3 Å². The fourth-order valence-electron chi connectivity index (χ4n) is 2.81. The Bertz CT molecular complexity index is 1030. The Labute approximate surface area is 140 Å². The van der Waals surface area contributed by atoms with E-state index in [1.54, 1.807) is 26.0 Å². The van der Waals surface area contributed by atoms with E-state index in [1.807, 2.05) is 0 Å². The lowest BCUT2D eigenvalue weighted by molar-refractivity contribution is -0.141. The zero-order chi connectivity index (χ0) is 18.4. The Kier molecular flexibility index (Phi) is 3.98. The van der Waals surface area contributed by atoms with Gasteiger partial charge in [-0.2, -0.15) is 13.2 Å². The zero-order valence-electron chi connectivity index (χ0n) is 13.7. The topological polar surface area (TPSA) is 67.9 Å². The maximum atomic E-state index is 13.3. The first-order valence-corrected chi connectivity index (χ1v) is 7.34. The Morgan fingerprint density at radius 1 is 1.20 bits per heavy atom. The highest BCUT2D eigenvalue weighted by atomic mass is 19.4. The van der Waals surface area contributed by atoms with E-state index >= 15 is 0 Å². The number of hydrogen-bond acceptors (Lipinski definition) is 4. The summed E-state index contributed by atoms with van der Waals surface area (Å²) in [5.41, 5.74) is 0.105. The van der Waals surface area contributed by atoms with Gasteiger partial charge in [-0.1, -0.05) is 6.07 Å². The van der Waals surface area contributed by atoms with Gasteiger partial charge in [0.15, 0.2) is 0 Å². The molecule has 1 aromatic carbocycles. The Balaban J connectivity index is 2.49. The smallest absolute Gasteiger partial charge is 0.433 e. The third-order valence-electron chi connectivity index (χ3n) is 4.00. The second-order valence-electron chi connectivity index (χ2n) is 5.57. The summed E-state index contributed by atoms with van der Waals surface area (Å²) in [5, 5.41) is -0.165. The number of methoxy groups -OCH3 is 1. The van der Waals surface area contributed by atoms with Gasteiger partial charge < -0.3 is 9.72 Å². The number of ether oxygens (including phenoxy) is 1. The normalized spacial score (nSPS) is 11.8. The van der Waals surface area contributed by atoms with E-state index in [1.165, 1.54) is 7.11 Å². The van der Waals surface area contributed by atoms with Crippen molar-refractivity contribution in [1.29, 1.82) is 0 Å². The van der Waals surface area contributed by atoms with Crippen LogP contribution in [0.1, 0.15) is 16.8 Å². The lowest BCUT2D eigenvalue weighted by atomic mass is 9.97. The summed E-state index contributed by atoms with van der Waals surface area (Å²) >= 11 is 0. The van der Waals surface area contributed by atoms with Gasteiger partial charge in [0, 0.05) is 11.1 Å². The van der Waals surface area contributed by atoms with Crippen molar-refractivity contribution < 1.29 is 17.9 Å². The number of rotatable bonds is 2. The molecule has 130 valence electrons. The lowest BCUT2D eigenvalue weighted by Gasteiger charge is -2.16. The second kappa shape index (κ2) is 5.87. The van der Waals surface area contributed by atoms with Crippen molar-refractivity contribution >= 4 is 10.9 Å². The van der Waals surface area contributed by atoms with Gasteiger partial charge in [-0.15, -0.1) is 0 Å². The third kappa shape index (κ3) is 2.84. The number of aromatic nitrogens is 3. The maximum Gasteiger partial charge on any atom is 0.433 e. The van der Waals surface area contributed by atoms with E-state index < -0.39 is 17.4 Å². The Morgan fingerprint density at radius 3 is 2.56 bits per heavy atom. The van der Waals surface area contributed by atoms with E-state index in [0.29, 0.717) is 22.4 Å². The van der Waals surface area contributed by atoms with Crippen LogP contribution in [0.3, 0.4) is 0 Å². The number of alkyl halides is 3. The molecule has 0 aliphatic heterocycles. The van der Waals surface area contributed by atoms with Gasteiger partial charge in [-0.25, -0.2) is 9.97 Å².